The molecule has 3 aliphatic carbocycles. The molecule has 0 aromatic carbocycles. The number of rotatable bonds is 17. The molecule has 6 amide bonds. The first-order valence-corrected chi connectivity index (χ1v) is 19.5. The lowest BCUT2D eigenvalue weighted by Crippen LogP contribution is -2.63. The van der Waals surface area contributed by atoms with Gasteiger partial charge in [-0.15, -0.1) is 6.58 Å². The minimum absolute atomic E-state index is 0.0420. The van der Waals surface area contributed by atoms with Crippen LogP contribution in [0.25, 0.3) is 0 Å². The first-order valence-electron chi connectivity index (χ1n) is 19.5. The topological polar surface area (TPSA) is 175 Å². The Morgan fingerprint density at radius 3 is 2.23 bits per heavy atom. The number of carbonyl (C=O) groups is 6. The highest BCUT2D eigenvalue weighted by Crippen LogP contribution is 2.65. The Morgan fingerprint density at radius 2 is 1.63 bits per heavy atom. The number of hydrogen-bond donors (Lipinski definition) is 5. The number of carbonyl (C=O) groups excluding carboxylic acids is 6. The standard InChI is InChI=1S/C39H64N6O7/c1-9-11-15-26(30(46)33(48)40-20-10-2)42-32(47)29-28-25(38(28,6)7)22-45(29)34(49)31(39(8)18-13-12-14-19-39)44-35(50)43-27(37(3,4)5)23-52-36(51)41-21-24-16-17-24/h10,24-29,31H,2,9,11-23H2,1,3-8H3,(H,40,48)(H,41,51)(H,42,47)(H2,43,44,50)/t25-,26?,27+,28-,29?,31?/m0/s1. The van der Waals surface area contributed by atoms with Crippen LogP contribution in [0.15, 0.2) is 12.7 Å². The number of ether oxygens (including phenoxy) is 1. The van der Waals surface area contributed by atoms with Crippen LogP contribution < -0.4 is 26.6 Å². The van der Waals surface area contributed by atoms with E-state index in [9.17, 15) is 28.8 Å². The molecule has 1 aliphatic heterocycles. The Morgan fingerprint density at radius 1 is 0.962 bits per heavy atom. The number of nitrogens with zero attached hydrogens (tertiary/aromatic N) is 1. The quantitative estimate of drug-likeness (QED) is 0.110. The van der Waals surface area contributed by atoms with E-state index in [2.05, 4.69) is 47.0 Å². The molecule has 4 fully saturated rings. The minimum atomic E-state index is -1.03. The number of unbranched alkanes of at least 4 members (excludes halogenated alkanes) is 1. The number of Topliss-reactive ketones (excluding diaryl/α,β-unsaturated/α-hetero) is 1. The molecule has 4 aliphatic rings. The van der Waals surface area contributed by atoms with Crippen molar-refractivity contribution in [3.63, 3.8) is 0 Å². The fourth-order valence-corrected chi connectivity index (χ4v) is 8.10. The van der Waals surface area contributed by atoms with Gasteiger partial charge in [-0.2, -0.15) is 0 Å². The van der Waals surface area contributed by atoms with E-state index in [1.165, 1.54) is 6.08 Å². The molecule has 0 aromatic rings. The summed E-state index contributed by atoms with van der Waals surface area (Å²) < 4.78 is 5.50. The molecule has 52 heavy (non-hydrogen) atoms. The molecular formula is C39H64N6O7. The molecule has 0 radical (unpaired) electrons. The zero-order valence-corrected chi connectivity index (χ0v) is 32.5. The minimum Gasteiger partial charge on any atom is -0.447 e. The van der Waals surface area contributed by atoms with Crippen LogP contribution in [0.2, 0.25) is 0 Å². The van der Waals surface area contributed by atoms with Gasteiger partial charge < -0.3 is 36.2 Å². The fraction of sp³-hybridized carbons (Fsp3) is 0.795. The third kappa shape index (κ3) is 10.1. The van der Waals surface area contributed by atoms with Gasteiger partial charge >= 0.3 is 12.1 Å². The third-order valence-electron chi connectivity index (χ3n) is 12.0. The van der Waals surface area contributed by atoms with Crippen LogP contribution in [0.3, 0.4) is 0 Å². The highest BCUT2D eigenvalue weighted by atomic mass is 16.5. The van der Waals surface area contributed by atoms with E-state index in [0.717, 1.165) is 51.4 Å². The average molecular weight is 729 g/mol. The Kier molecular flexibility index (Phi) is 13.4. The summed E-state index contributed by atoms with van der Waals surface area (Å²) in [6.07, 6.45) is 9.16. The molecule has 6 atom stereocenters. The highest BCUT2D eigenvalue weighted by molar-refractivity contribution is 6.38. The van der Waals surface area contributed by atoms with Gasteiger partial charge in [0.1, 0.15) is 18.7 Å². The predicted octanol–water partition coefficient (Wildman–Crippen LogP) is 4.20. The molecule has 0 spiro atoms. The smallest absolute Gasteiger partial charge is 0.407 e. The Hall–Kier alpha value is -3.64. The van der Waals surface area contributed by atoms with E-state index in [1.807, 2.05) is 34.6 Å². The largest absolute Gasteiger partial charge is 0.447 e. The molecular weight excluding hydrogens is 664 g/mol. The summed E-state index contributed by atoms with van der Waals surface area (Å²) in [6.45, 7) is 18.6. The maximum absolute atomic E-state index is 14.8. The lowest BCUT2D eigenvalue weighted by atomic mass is 9.70. The number of urea groups is 1. The van der Waals surface area contributed by atoms with Crippen LogP contribution in [0, 0.1) is 34.0 Å². The van der Waals surface area contributed by atoms with Crippen molar-refractivity contribution in [1.29, 1.82) is 0 Å². The second-order valence-corrected chi connectivity index (χ2v) is 17.6. The Labute approximate surface area is 309 Å². The van der Waals surface area contributed by atoms with Gasteiger partial charge in [0.15, 0.2) is 0 Å². The van der Waals surface area contributed by atoms with E-state index in [-0.39, 0.29) is 36.3 Å². The molecule has 292 valence electrons. The van der Waals surface area contributed by atoms with Crippen molar-refractivity contribution in [3.8, 4) is 0 Å². The van der Waals surface area contributed by atoms with Crippen molar-refractivity contribution in [1.82, 2.24) is 31.5 Å². The van der Waals surface area contributed by atoms with Gasteiger partial charge in [0, 0.05) is 19.6 Å². The zero-order valence-electron chi connectivity index (χ0n) is 32.5. The van der Waals surface area contributed by atoms with Gasteiger partial charge in [-0.3, -0.25) is 19.2 Å². The van der Waals surface area contributed by atoms with E-state index in [1.54, 1.807) is 4.90 Å². The molecule has 13 heteroatoms. The van der Waals surface area contributed by atoms with Gasteiger partial charge in [0.2, 0.25) is 17.6 Å². The monoisotopic (exact) mass is 728 g/mol. The Balaban J connectivity index is 1.53. The SMILES string of the molecule is C=CCNC(=O)C(=O)C(CCCC)NC(=O)C1[C@@H]2[C@H](CN1C(=O)C(NC(=O)N[C@H](COC(=O)NCC1CC1)C(C)(C)C)C1(C)CCCCC1)C2(C)C. The van der Waals surface area contributed by atoms with Crippen LogP contribution in [-0.2, 0) is 23.9 Å². The zero-order chi connectivity index (χ0) is 38.4. The van der Waals surface area contributed by atoms with Gasteiger partial charge in [-0.1, -0.05) is 86.6 Å². The Bertz CT molecular complexity index is 1350. The summed E-state index contributed by atoms with van der Waals surface area (Å²) >= 11 is 0. The number of ketones is 1. The van der Waals surface area contributed by atoms with Crippen LogP contribution in [0.4, 0.5) is 9.59 Å². The van der Waals surface area contributed by atoms with Crippen LogP contribution in [0.1, 0.15) is 113 Å². The summed E-state index contributed by atoms with van der Waals surface area (Å²) in [5.41, 5.74) is -1.22. The molecule has 0 bridgehead atoms. The molecule has 4 rings (SSSR count). The van der Waals surface area contributed by atoms with Crippen molar-refractivity contribution < 1.29 is 33.5 Å². The summed E-state index contributed by atoms with van der Waals surface area (Å²) in [4.78, 5) is 82.6. The van der Waals surface area contributed by atoms with Gasteiger partial charge in [0.05, 0.1) is 12.1 Å². The maximum Gasteiger partial charge on any atom is 0.407 e. The fourth-order valence-electron chi connectivity index (χ4n) is 8.10. The number of piperidine rings is 1. The molecule has 1 heterocycles. The summed E-state index contributed by atoms with van der Waals surface area (Å²) in [5, 5.41) is 14.2. The molecule has 13 nitrogen and oxygen atoms in total. The van der Waals surface area contributed by atoms with Crippen LogP contribution in [-0.4, -0.2) is 90.9 Å². The third-order valence-corrected chi connectivity index (χ3v) is 12.0. The second kappa shape index (κ2) is 17.0. The van der Waals surface area contributed by atoms with Gasteiger partial charge in [0.25, 0.3) is 5.91 Å². The van der Waals surface area contributed by atoms with Crippen molar-refractivity contribution in [2.45, 2.75) is 137 Å². The average Bonchev–Trinajstić information content (AvgIpc) is 3.96. The van der Waals surface area contributed by atoms with Gasteiger partial charge in [-0.25, -0.2) is 9.59 Å². The molecule has 3 unspecified atom stereocenters. The predicted molar refractivity (Wildman–Crippen MR) is 198 cm³/mol. The normalized spacial score (nSPS) is 24.6. The summed E-state index contributed by atoms with van der Waals surface area (Å²) in [7, 11) is 0. The van der Waals surface area contributed by atoms with Crippen molar-refractivity contribution in [2.24, 2.45) is 34.0 Å². The lowest BCUT2D eigenvalue weighted by Gasteiger charge is -2.43. The van der Waals surface area contributed by atoms with Crippen molar-refractivity contribution in [3.05, 3.63) is 12.7 Å². The van der Waals surface area contributed by atoms with E-state index in [0.29, 0.717) is 31.8 Å². The first kappa shape index (κ1) is 41.1. The lowest BCUT2D eigenvalue weighted by molar-refractivity contribution is -0.146. The van der Waals surface area contributed by atoms with E-state index in [4.69, 9.17) is 4.74 Å². The molecule has 0 aromatic heterocycles. The van der Waals surface area contributed by atoms with Gasteiger partial charge in [-0.05, 0) is 66.1 Å². The first-order chi connectivity index (χ1) is 24.4. The number of amides is 6. The summed E-state index contributed by atoms with van der Waals surface area (Å²) in [5.74, 6) is -1.85. The molecule has 3 saturated carbocycles. The molecule has 5 N–H and O–H groups in total. The van der Waals surface area contributed by atoms with Crippen molar-refractivity contribution >= 4 is 35.6 Å². The van der Waals surface area contributed by atoms with Crippen molar-refractivity contribution in [2.75, 3.05) is 26.2 Å². The number of likely N-dealkylation sites (tertiary alicyclic amines) is 1. The van der Waals surface area contributed by atoms with Crippen LogP contribution >= 0.6 is 0 Å². The second-order valence-electron chi connectivity index (χ2n) is 17.6. The number of alkyl carbamates (subject to hydrolysis) is 1. The number of fused-ring (bicyclic) bond motifs is 1. The number of hydrogen-bond acceptors (Lipinski definition) is 7. The highest BCUT2D eigenvalue weighted by Gasteiger charge is 2.70. The molecule has 1 saturated heterocycles. The van der Waals surface area contributed by atoms with E-state index >= 15 is 0 Å². The maximum atomic E-state index is 14.8. The van der Waals surface area contributed by atoms with E-state index < -0.39 is 64.7 Å². The summed E-state index contributed by atoms with van der Waals surface area (Å²) in [6, 6.07) is -3.90. The number of nitrogens with one attached hydrogen (secondary N) is 5. The van der Waals surface area contributed by atoms with Crippen LogP contribution in [0.5, 0.6) is 0 Å².